The molecule has 2 aliphatic rings. The van der Waals surface area contributed by atoms with Crippen molar-refractivity contribution >= 4 is 10.2 Å². The fourth-order valence-corrected chi connectivity index (χ4v) is 4.91. The summed E-state index contributed by atoms with van der Waals surface area (Å²) in [5.74, 6) is 1.04. The summed E-state index contributed by atoms with van der Waals surface area (Å²) in [6, 6.07) is 0.114. The summed E-state index contributed by atoms with van der Waals surface area (Å²) >= 11 is 0. The van der Waals surface area contributed by atoms with Gasteiger partial charge in [-0.05, 0) is 50.5 Å². The Balaban J connectivity index is 1.92. The molecule has 1 heterocycles. The lowest BCUT2D eigenvalue weighted by molar-refractivity contribution is 0.266. The molecule has 1 aliphatic carbocycles. The van der Waals surface area contributed by atoms with Gasteiger partial charge in [-0.3, -0.25) is 0 Å². The molecule has 3 unspecified atom stereocenters. The third-order valence-corrected chi connectivity index (χ3v) is 6.37. The molecule has 6 heteroatoms. The van der Waals surface area contributed by atoms with E-state index in [1.54, 1.807) is 4.31 Å². The van der Waals surface area contributed by atoms with Gasteiger partial charge in [0, 0.05) is 19.1 Å². The third kappa shape index (κ3) is 4.41. The number of nitrogens with two attached hydrogens (primary N) is 1. The summed E-state index contributed by atoms with van der Waals surface area (Å²) in [6.45, 7) is 4.05. The fraction of sp³-hybridized carbons (Fsp3) is 1.00. The zero-order valence-electron chi connectivity index (χ0n) is 12.6. The van der Waals surface area contributed by atoms with Gasteiger partial charge < -0.3 is 5.73 Å². The van der Waals surface area contributed by atoms with Crippen LogP contribution in [-0.4, -0.2) is 38.4 Å². The largest absolute Gasteiger partial charge is 0.330 e. The van der Waals surface area contributed by atoms with Gasteiger partial charge in [-0.2, -0.15) is 17.4 Å². The van der Waals surface area contributed by atoms with Crippen molar-refractivity contribution in [1.29, 1.82) is 0 Å². The Morgan fingerprint density at radius 2 is 1.95 bits per heavy atom. The predicted octanol–water partition coefficient (Wildman–Crippen LogP) is 1.46. The Morgan fingerprint density at radius 3 is 2.70 bits per heavy atom. The van der Waals surface area contributed by atoms with Gasteiger partial charge in [0.05, 0.1) is 0 Å². The second-order valence-corrected chi connectivity index (χ2v) is 8.24. The first-order chi connectivity index (χ1) is 9.51. The normalized spacial score (nSPS) is 33.8. The van der Waals surface area contributed by atoms with Crippen LogP contribution >= 0.6 is 0 Å². The van der Waals surface area contributed by atoms with Crippen LogP contribution in [0.25, 0.3) is 0 Å². The first-order valence-corrected chi connectivity index (χ1v) is 9.42. The maximum absolute atomic E-state index is 12.5. The molecular formula is C14H29N3O2S. The molecule has 1 aliphatic heterocycles. The Kier molecular flexibility index (Phi) is 5.84. The van der Waals surface area contributed by atoms with E-state index in [0.29, 0.717) is 25.6 Å². The summed E-state index contributed by atoms with van der Waals surface area (Å²) in [6.07, 6.45) is 7.37. The highest BCUT2D eigenvalue weighted by Gasteiger charge is 2.30. The first kappa shape index (κ1) is 16.2. The van der Waals surface area contributed by atoms with Crippen molar-refractivity contribution in [3.8, 4) is 0 Å². The second kappa shape index (κ2) is 7.20. The Morgan fingerprint density at radius 1 is 1.15 bits per heavy atom. The van der Waals surface area contributed by atoms with E-state index in [1.165, 1.54) is 6.42 Å². The predicted molar refractivity (Wildman–Crippen MR) is 81.4 cm³/mol. The number of hydrogen-bond donors (Lipinski definition) is 2. The van der Waals surface area contributed by atoms with Crippen LogP contribution in [0.5, 0.6) is 0 Å². The Bertz CT molecular complexity index is 399. The van der Waals surface area contributed by atoms with E-state index >= 15 is 0 Å². The molecule has 1 saturated carbocycles. The van der Waals surface area contributed by atoms with Crippen molar-refractivity contribution in [2.24, 2.45) is 17.6 Å². The third-order valence-electron chi connectivity index (χ3n) is 4.73. The van der Waals surface area contributed by atoms with Gasteiger partial charge in [0.1, 0.15) is 0 Å². The maximum atomic E-state index is 12.5. The fourth-order valence-electron chi connectivity index (χ4n) is 3.33. The molecule has 0 radical (unpaired) electrons. The van der Waals surface area contributed by atoms with Crippen LogP contribution < -0.4 is 10.5 Å². The van der Waals surface area contributed by atoms with Crippen molar-refractivity contribution in [3.05, 3.63) is 0 Å². The second-order valence-electron chi connectivity index (χ2n) is 6.54. The van der Waals surface area contributed by atoms with E-state index in [-0.39, 0.29) is 6.04 Å². The molecule has 3 atom stereocenters. The molecule has 0 bridgehead atoms. The summed E-state index contributed by atoms with van der Waals surface area (Å²) in [5.41, 5.74) is 5.69. The molecule has 0 amide bonds. The molecule has 5 nitrogen and oxygen atoms in total. The zero-order chi connectivity index (χ0) is 14.6. The SMILES string of the molecule is CC1CCCC(NS(=O)(=O)N2CCCC(CN)C2)CC1. The average molecular weight is 303 g/mol. The lowest BCUT2D eigenvalue weighted by atomic mass is 10.0. The van der Waals surface area contributed by atoms with Gasteiger partial charge >= 0.3 is 0 Å². The van der Waals surface area contributed by atoms with E-state index in [2.05, 4.69) is 11.6 Å². The average Bonchev–Trinajstić information content (AvgIpc) is 2.63. The van der Waals surface area contributed by atoms with Crippen molar-refractivity contribution in [2.45, 2.75) is 57.9 Å². The number of rotatable bonds is 4. The minimum Gasteiger partial charge on any atom is -0.330 e. The molecule has 1 saturated heterocycles. The molecular weight excluding hydrogens is 274 g/mol. The van der Waals surface area contributed by atoms with E-state index < -0.39 is 10.2 Å². The zero-order valence-corrected chi connectivity index (χ0v) is 13.4. The van der Waals surface area contributed by atoms with Crippen LogP contribution in [-0.2, 0) is 10.2 Å². The molecule has 0 aromatic carbocycles. The van der Waals surface area contributed by atoms with Crippen molar-refractivity contribution in [2.75, 3.05) is 19.6 Å². The summed E-state index contributed by atoms with van der Waals surface area (Å²) in [4.78, 5) is 0. The topological polar surface area (TPSA) is 75.4 Å². The van der Waals surface area contributed by atoms with Crippen LogP contribution in [0, 0.1) is 11.8 Å². The Hall–Kier alpha value is -0.170. The first-order valence-electron chi connectivity index (χ1n) is 7.98. The van der Waals surface area contributed by atoms with Crippen LogP contribution in [0.2, 0.25) is 0 Å². The highest BCUT2D eigenvalue weighted by atomic mass is 32.2. The van der Waals surface area contributed by atoms with Gasteiger partial charge in [-0.15, -0.1) is 0 Å². The number of piperidine rings is 1. The highest BCUT2D eigenvalue weighted by molar-refractivity contribution is 7.87. The van der Waals surface area contributed by atoms with Crippen molar-refractivity contribution < 1.29 is 8.42 Å². The summed E-state index contributed by atoms with van der Waals surface area (Å²) in [5, 5.41) is 0. The van der Waals surface area contributed by atoms with Gasteiger partial charge in [0.15, 0.2) is 0 Å². The molecule has 3 N–H and O–H groups in total. The van der Waals surface area contributed by atoms with Gasteiger partial charge in [-0.25, -0.2) is 0 Å². The smallest absolute Gasteiger partial charge is 0.279 e. The quantitative estimate of drug-likeness (QED) is 0.772. The monoisotopic (exact) mass is 303 g/mol. The molecule has 118 valence electrons. The van der Waals surface area contributed by atoms with Crippen molar-refractivity contribution in [1.82, 2.24) is 9.03 Å². The molecule has 0 aromatic heterocycles. The number of nitrogens with zero attached hydrogens (tertiary/aromatic N) is 1. The highest BCUT2D eigenvalue weighted by Crippen LogP contribution is 2.24. The van der Waals surface area contributed by atoms with E-state index in [0.717, 1.165) is 44.4 Å². The minimum absolute atomic E-state index is 0.114. The standard InChI is InChI=1S/C14H29N3O2S/c1-12-4-2-6-14(8-7-12)16-20(18,19)17-9-3-5-13(10-15)11-17/h12-14,16H,2-11,15H2,1H3. The maximum Gasteiger partial charge on any atom is 0.279 e. The lowest BCUT2D eigenvalue weighted by Gasteiger charge is -2.32. The summed E-state index contributed by atoms with van der Waals surface area (Å²) < 4.78 is 29.5. The molecule has 2 rings (SSSR count). The molecule has 2 fully saturated rings. The van der Waals surface area contributed by atoms with Crippen LogP contribution in [0.4, 0.5) is 0 Å². The van der Waals surface area contributed by atoms with Crippen LogP contribution in [0.15, 0.2) is 0 Å². The van der Waals surface area contributed by atoms with Gasteiger partial charge in [-0.1, -0.05) is 19.8 Å². The number of hydrogen-bond acceptors (Lipinski definition) is 3. The van der Waals surface area contributed by atoms with Gasteiger partial charge in [0.25, 0.3) is 10.2 Å². The molecule has 0 spiro atoms. The van der Waals surface area contributed by atoms with Crippen molar-refractivity contribution in [3.63, 3.8) is 0 Å². The Labute approximate surface area is 123 Å². The van der Waals surface area contributed by atoms with E-state index in [1.807, 2.05) is 0 Å². The molecule has 20 heavy (non-hydrogen) atoms. The van der Waals surface area contributed by atoms with Crippen LogP contribution in [0.3, 0.4) is 0 Å². The summed E-state index contributed by atoms with van der Waals surface area (Å²) in [7, 11) is -3.33. The minimum atomic E-state index is -3.33. The van der Waals surface area contributed by atoms with E-state index in [4.69, 9.17) is 5.73 Å². The number of nitrogens with one attached hydrogen (secondary N) is 1. The molecule has 0 aromatic rings. The lowest BCUT2D eigenvalue weighted by Crippen LogP contribution is -2.49. The van der Waals surface area contributed by atoms with E-state index in [9.17, 15) is 8.42 Å². The van der Waals surface area contributed by atoms with Crippen LogP contribution in [0.1, 0.15) is 51.9 Å². The van der Waals surface area contributed by atoms with Gasteiger partial charge in [0.2, 0.25) is 0 Å².